The summed E-state index contributed by atoms with van der Waals surface area (Å²) in [6.45, 7) is 0.204. The van der Waals surface area contributed by atoms with E-state index in [2.05, 4.69) is 21.0 Å². The number of nitriles is 1. The van der Waals surface area contributed by atoms with Crippen LogP contribution in [-0.2, 0) is 15.6 Å². The van der Waals surface area contributed by atoms with Gasteiger partial charge in [0.15, 0.2) is 11.6 Å². The van der Waals surface area contributed by atoms with Gasteiger partial charge in [-0.15, -0.1) is 0 Å². The molecule has 0 unspecified atom stereocenters. The van der Waals surface area contributed by atoms with Gasteiger partial charge in [0.2, 0.25) is 10.0 Å². The molecule has 4 aromatic rings. The number of aromatic amines is 1. The van der Waals surface area contributed by atoms with Crippen LogP contribution in [0.25, 0.3) is 33.2 Å². The smallest absolute Gasteiger partial charge is 0.217 e. The van der Waals surface area contributed by atoms with Gasteiger partial charge >= 0.3 is 0 Å². The first-order chi connectivity index (χ1) is 15.8. The van der Waals surface area contributed by atoms with Crippen LogP contribution in [0.2, 0.25) is 0 Å². The molecule has 1 N–H and O–H groups in total. The minimum Gasteiger partial charge on any atom is -0.346 e. The zero-order valence-corrected chi connectivity index (χ0v) is 18.1. The molecule has 168 valence electrons. The molecular formula is C22H18F2N6O2S. The fourth-order valence-corrected chi connectivity index (χ4v) is 6.75. The van der Waals surface area contributed by atoms with Crippen LogP contribution in [0.1, 0.15) is 19.3 Å². The predicted octanol–water partition coefficient (Wildman–Crippen LogP) is 3.27. The Morgan fingerprint density at radius 2 is 1.94 bits per heavy atom. The molecule has 1 aliphatic carbocycles. The van der Waals surface area contributed by atoms with Crippen molar-refractivity contribution in [2.75, 3.05) is 13.1 Å². The van der Waals surface area contributed by atoms with Gasteiger partial charge in [0.1, 0.15) is 12.0 Å². The molecule has 1 aliphatic heterocycles. The molecule has 0 atom stereocenters. The number of fused-ring (bicyclic) bond motifs is 2. The third-order valence-corrected chi connectivity index (χ3v) is 8.91. The van der Waals surface area contributed by atoms with E-state index in [9.17, 15) is 22.5 Å². The van der Waals surface area contributed by atoms with Gasteiger partial charge in [0.05, 0.1) is 34.5 Å². The lowest BCUT2D eigenvalue weighted by Gasteiger charge is -2.49. The van der Waals surface area contributed by atoms with Crippen molar-refractivity contribution in [1.82, 2.24) is 23.8 Å². The predicted molar refractivity (Wildman–Crippen MR) is 116 cm³/mol. The Bertz CT molecular complexity index is 1580. The third-order valence-electron chi connectivity index (χ3n) is 6.62. The van der Waals surface area contributed by atoms with Crippen LogP contribution < -0.4 is 0 Å². The first kappa shape index (κ1) is 20.3. The molecule has 1 aromatic carbocycles. The minimum absolute atomic E-state index is 0.0231. The lowest BCUT2D eigenvalue weighted by atomic mass is 9.88. The monoisotopic (exact) mass is 468 g/mol. The summed E-state index contributed by atoms with van der Waals surface area (Å²) in [6.07, 6.45) is 6.13. The average molecular weight is 468 g/mol. The molecule has 6 rings (SSSR count). The molecule has 33 heavy (non-hydrogen) atoms. The molecule has 2 fully saturated rings. The molecule has 3 aromatic heterocycles. The highest BCUT2D eigenvalue weighted by Gasteiger charge is 2.53. The highest BCUT2D eigenvalue weighted by Crippen LogP contribution is 2.44. The molecule has 1 saturated carbocycles. The number of nitrogens with zero attached hydrogens (tertiary/aromatic N) is 5. The summed E-state index contributed by atoms with van der Waals surface area (Å²) in [6, 6.07) is 6.17. The number of halogens is 2. The summed E-state index contributed by atoms with van der Waals surface area (Å²) < 4.78 is 57.2. The summed E-state index contributed by atoms with van der Waals surface area (Å²) in [5.74, 6) is -2.02. The van der Waals surface area contributed by atoms with Crippen molar-refractivity contribution in [3.63, 3.8) is 0 Å². The Balaban J connectivity index is 1.55. The van der Waals surface area contributed by atoms with Crippen molar-refractivity contribution in [3.05, 3.63) is 48.6 Å². The van der Waals surface area contributed by atoms with Gasteiger partial charge in [-0.3, -0.25) is 0 Å². The number of aromatic nitrogens is 4. The molecule has 2 aliphatic rings. The Kier molecular flexibility index (Phi) is 4.19. The number of rotatable bonds is 5. The largest absolute Gasteiger partial charge is 0.346 e. The van der Waals surface area contributed by atoms with Crippen molar-refractivity contribution in [2.24, 2.45) is 0 Å². The standard InChI is InChI=1S/C22H18F2N6O2S/c23-17-7-15-16(20-14-3-6-26-21(14)28-12-27-20)9-30(19(15)8-18(17)24)22(4-5-25)10-29(11-22)33(31,32)13-1-2-13/h3,6-9,12-13H,1-2,4,10-11H2,(H,26,27,28). The third kappa shape index (κ3) is 2.91. The number of H-pyrrole nitrogens is 1. The fourth-order valence-electron chi connectivity index (χ4n) is 4.75. The Morgan fingerprint density at radius 1 is 1.18 bits per heavy atom. The Morgan fingerprint density at radius 3 is 2.67 bits per heavy atom. The summed E-state index contributed by atoms with van der Waals surface area (Å²) in [5, 5.41) is 10.3. The highest BCUT2D eigenvalue weighted by atomic mass is 32.2. The maximum absolute atomic E-state index is 14.3. The van der Waals surface area contributed by atoms with Crippen molar-refractivity contribution in [1.29, 1.82) is 5.26 Å². The number of nitrogens with one attached hydrogen (secondary N) is 1. The van der Waals surface area contributed by atoms with Crippen LogP contribution in [-0.4, -0.2) is 50.6 Å². The van der Waals surface area contributed by atoms with E-state index in [0.717, 1.165) is 12.1 Å². The summed E-state index contributed by atoms with van der Waals surface area (Å²) in [4.78, 5) is 11.6. The maximum Gasteiger partial charge on any atom is 0.217 e. The van der Waals surface area contributed by atoms with Crippen LogP contribution in [0.4, 0.5) is 8.78 Å². The van der Waals surface area contributed by atoms with Crippen LogP contribution >= 0.6 is 0 Å². The van der Waals surface area contributed by atoms with Gasteiger partial charge in [-0.25, -0.2) is 27.2 Å². The van der Waals surface area contributed by atoms with Gasteiger partial charge in [-0.05, 0) is 25.0 Å². The molecule has 0 spiro atoms. The molecule has 0 amide bonds. The Hall–Kier alpha value is -3.36. The lowest BCUT2D eigenvalue weighted by Crippen LogP contribution is -2.64. The van der Waals surface area contributed by atoms with Gasteiger partial charge < -0.3 is 9.55 Å². The van der Waals surface area contributed by atoms with Crippen LogP contribution in [0, 0.1) is 23.0 Å². The van der Waals surface area contributed by atoms with Crippen LogP contribution in [0.5, 0.6) is 0 Å². The second-order valence-corrected chi connectivity index (χ2v) is 10.9. The minimum atomic E-state index is -3.41. The number of hydrogen-bond acceptors (Lipinski definition) is 5. The normalized spacial score (nSPS) is 18.5. The number of sulfonamides is 1. The van der Waals surface area contributed by atoms with Crippen LogP contribution in [0.15, 0.2) is 36.9 Å². The van der Waals surface area contributed by atoms with Gasteiger partial charge in [-0.1, -0.05) is 0 Å². The van der Waals surface area contributed by atoms with Crippen molar-refractivity contribution < 1.29 is 17.2 Å². The number of hydrogen-bond donors (Lipinski definition) is 1. The first-order valence-corrected chi connectivity index (χ1v) is 12.0. The summed E-state index contributed by atoms with van der Waals surface area (Å²) in [5.41, 5.74) is 1.17. The average Bonchev–Trinajstić information content (AvgIpc) is 3.42. The molecule has 8 nitrogen and oxygen atoms in total. The van der Waals surface area contributed by atoms with E-state index >= 15 is 0 Å². The van der Waals surface area contributed by atoms with Gasteiger partial charge in [-0.2, -0.15) is 9.57 Å². The highest BCUT2D eigenvalue weighted by molar-refractivity contribution is 7.90. The van der Waals surface area contributed by atoms with E-state index in [1.165, 1.54) is 10.6 Å². The topological polar surface area (TPSA) is 108 Å². The maximum atomic E-state index is 14.3. The Labute approximate surface area is 187 Å². The molecule has 0 radical (unpaired) electrons. The zero-order chi connectivity index (χ0) is 23.0. The van der Waals surface area contributed by atoms with Crippen molar-refractivity contribution >= 4 is 32.0 Å². The molecule has 11 heteroatoms. The van der Waals surface area contributed by atoms with Gasteiger partial charge in [0.25, 0.3) is 0 Å². The van der Waals surface area contributed by atoms with E-state index in [-0.39, 0.29) is 24.8 Å². The zero-order valence-electron chi connectivity index (χ0n) is 17.3. The number of benzene rings is 1. The molecular weight excluding hydrogens is 450 g/mol. The van der Waals surface area contributed by atoms with E-state index in [1.807, 2.05) is 0 Å². The van der Waals surface area contributed by atoms with E-state index in [0.29, 0.717) is 46.0 Å². The molecule has 0 bridgehead atoms. The molecule has 4 heterocycles. The van der Waals surface area contributed by atoms with Crippen molar-refractivity contribution in [2.45, 2.75) is 30.1 Å². The summed E-state index contributed by atoms with van der Waals surface area (Å²) in [7, 11) is -3.41. The van der Waals surface area contributed by atoms with E-state index < -0.39 is 27.2 Å². The van der Waals surface area contributed by atoms with Gasteiger partial charge in [0, 0.05) is 47.9 Å². The second kappa shape index (κ2) is 6.82. The van der Waals surface area contributed by atoms with Crippen molar-refractivity contribution in [3.8, 4) is 17.3 Å². The summed E-state index contributed by atoms with van der Waals surface area (Å²) >= 11 is 0. The van der Waals surface area contributed by atoms with E-state index in [4.69, 9.17) is 0 Å². The fraction of sp³-hybridized carbons (Fsp3) is 0.318. The second-order valence-electron chi connectivity index (χ2n) is 8.73. The molecule has 1 saturated heterocycles. The lowest BCUT2D eigenvalue weighted by molar-refractivity contribution is 0.0889. The quantitative estimate of drug-likeness (QED) is 0.484. The first-order valence-electron chi connectivity index (χ1n) is 10.5. The van der Waals surface area contributed by atoms with Crippen LogP contribution in [0.3, 0.4) is 0 Å². The van der Waals surface area contributed by atoms with E-state index in [1.54, 1.807) is 23.0 Å². The SMILES string of the molecule is N#CCC1(n2cc(-c3ncnc4[nH]ccc34)c3cc(F)c(F)cc32)CN(S(=O)(=O)C2CC2)C1.